The van der Waals surface area contributed by atoms with E-state index >= 15 is 0 Å². The number of aryl methyl sites for hydroxylation is 1. The lowest BCUT2D eigenvalue weighted by molar-refractivity contribution is 0.641. The van der Waals surface area contributed by atoms with Crippen molar-refractivity contribution in [1.29, 1.82) is 0 Å². The molecule has 1 N–H and O–H groups in total. The van der Waals surface area contributed by atoms with E-state index in [1.165, 1.54) is 0 Å². The van der Waals surface area contributed by atoms with Gasteiger partial charge in [-0.05, 0) is 12.2 Å². The Morgan fingerprint density at radius 1 is 1.62 bits per heavy atom. The predicted octanol–water partition coefficient (Wildman–Crippen LogP) is 0.117. The molecule has 0 saturated carbocycles. The number of rotatable bonds is 2. The monoisotopic (exact) mass is 196 g/mol. The maximum Gasteiger partial charge on any atom is 0.238 e. The van der Waals surface area contributed by atoms with Gasteiger partial charge in [0.05, 0.1) is 12.7 Å². The highest BCUT2D eigenvalue weighted by Crippen LogP contribution is 1.98. The Bertz CT molecular complexity index is 451. The number of aromatic nitrogens is 6. The number of hydrogen-bond donors (Lipinski definition) is 1. The number of H-pyrrole nitrogens is 1. The maximum atomic E-state index is 4.92. The van der Waals surface area contributed by atoms with Gasteiger partial charge in [0.1, 0.15) is 0 Å². The summed E-state index contributed by atoms with van der Waals surface area (Å²) in [5, 5.41) is 14.0. The van der Waals surface area contributed by atoms with E-state index in [0.717, 1.165) is 5.56 Å². The first-order valence-corrected chi connectivity index (χ1v) is 4.12. The van der Waals surface area contributed by atoms with Crippen LogP contribution in [-0.4, -0.2) is 30.0 Å². The smallest absolute Gasteiger partial charge is 0.238 e. The first-order chi connectivity index (χ1) is 6.25. The summed E-state index contributed by atoms with van der Waals surface area (Å²) in [5.41, 5.74) is 1.06. The fourth-order valence-corrected chi connectivity index (χ4v) is 1.20. The van der Waals surface area contributed by atoms with Gasteiger partial charge in [0, 0.05) is 18.8 Å². The summed E-state index contributed by atoms with van der Waals surface area (Å²) in [6.07, 6.45) is 3.70. The average molecular weight is 196 g/mol. The third-order valence-corrected chi connectivity index (χ3v) is 1.93. The van der Waals surface area contributed by atoms with Crippen molar-refractivity contribution in [3.8, 4) is 0 Å². The van der Waals surface area contributed by atoms with Crippen molar-refractivity contribution in [3.05, 3.63) is 22.7 Å². The van der Waals surface area contributed by atoms with Crippen LogP contribution in [0.3, 0.4) is 0 Å². The number of aromatic amines is 1. The molecule has 0 aliphatic carbocycles. The van der Waals surface area contributed by atoms with Crippen molar-refractivity contribution >= 4 is 12.2 Å². The molecule has 2 heterocycles. The minimum atomic E-state index is 0.448. The van der Waals surface area contributed by atoms with E-state index in [1.54, 1.807) is 15.6 Å². The number of tetrazole rings is 1. The van der Waals surface area contributed by atoms with Crippen LogP contribution in [0, 0.1) is 4.77 Å². The molecular formula is C6H8N6S. The van der Waals surface area contributed by atoms with Gasteiger partial charge >= 0.3 is 0 Å². The molecular weight excluding hydrogens is 188 g/mol. The van der Waals surface area contributed by atoms with Gasteiger partial charge in [0.2, 0.25) is 4.77 Å². The molecule has 13 heavy (non-hydrogen) atoms. The second kappa shape index (κ2) is 3.09. The fraction of sp³-hybridized carbons (Fsp3) is 0.333. The van der Waals surface area contributed by atoms with Crippen molar-refractivity contribution in [3.63, 3.8) is 0 Å². The molecule has 2 aromatic heterocycles. The first-order valence-electron chi connectivity index (χ1n) is 3.71. The molecule has 0 saturated heterocycles. The second-order valence-electron chi connectivity index (χ2n) is 2.69. The van der Waals surface area contributed by atoms with E-state index in [9.17, 15) is 0 Å². The minimum Gasteiger partial charge on any atom is -0.275 e. The summed E-state index contributed by atoms with van der Waals surface area (Å²) in [6.45, 7) is 0.625. The Morgan fingerprint density at radius 3 is 3.00 bits per heavy atom. The molecule has 0 aliphatic rings. The van der Waals surface area contributed by atoms with E-state index in [4.69, 9.17) is 12.2 Å². The van der Waals surface area contributed by atoms with Crippen molar-refractivity contribution in [1.82, 2.24) is 30.0 Å². The summed E-state index contributed by atoms with van der Waals surface area (Å²) in [6, 6.07) is 0. The van der Waals surface area contributed by atoms with Crippen LogP contribution in [0.15, 0.2) is 12.4 Å². The molecule has 0 spiro atoms. The summed E-state index contributed by atoms with van der Waals surface area (Å²) in [4.78, 5) is 0. The molecule has 2 aromatic rings. The van der Waals surface area contributed by atoms with E-state index in [1.807, 2.05) is 13.2 Å². The van der Waals surface area contributed by atoms with E-state index < -0.39 is 0 Å². The Morgan fingerprint density at radius 2 is 2.46 bits per heavy atom. The lowest BCUT2D eigenvalue weighted by atomic mass is 10.4. The lowest BCUT2D eigenvalue weighted by Gasteiger charge is -1.95. The van der Waals surface area contributed by atoms with Crippen molar-refractivity contribution in [2.24, 2.45) is 7.05 Å². The van der Waals surface area contributed by atoms with Gasteiger partial charge in [-0.2, -0.15) is 10.3 Å². The van der Waals surface area contributed by atoms with E-state index in [2.05, 4.69) is 20.6 Å². The number of nitrogens with one attached hydrogen (secondary N) is 1. The van der Waals surface area contributed by atoms with Crippen molar-refractivity contribution < 1.29 is 0 Å². The largest absolute Gasteiger partial charge is 0.275 e. The Hall–Kier alpha value is -1.50. The van der Waals surface area contributed by atoms with Crippen LogP contribution in [0.2, 0.25) is 0 Å². The third kappa shape index (κ3) is 1.64. The van der Waals surface area contributed by atoms with Gasteiger partial charge in [-0.1, -0.05) is 10.3 Å². The molecule has 0 aliphatic heterocycles. The standard InChI is InChI=1S/C6H8N6S/c1-11-3-5(2-7-11)4-12-6(13)8-9-10-12/h2-3H,4H2,1H3,(H,8,10,13). The normalized spacial score (nSPS) is 10.5. The van der Waals surface area contributed by atoms with Gasteiger partial charge in [-0.15, -0.1) is 0 Å². The summed E-state index contributed by atoms with van der Waals surface area (Å²) in [5.74, 6) is 0. The zero-order chi connectivity index (χ0) is 9.26. The molecule has 7 heteroatoms. The van der Waals surface area contributed by atoms with Crippen LogP contribution in [0.4, 0.5) is 0 Å². The molecule has 0 fully saturated rings. The summed E-state index contributed by atoms with van der Waals surface area (Å²) in [7, 11) is 1.87. The minimum absolute atomic E-state index is 0.448. The maximum absolute atomic E-state index is 4.92. The highest BCUT2D eigenvalue weighted by molar-refractivity contribution is 7.71. The van der Waals surface area contributed by atoms with Crippen LogP contribution in [0.25, 0.3) is 0 Å². The van der Waals surface area contributed by atoms with Gasteiger partial charge in [-0.3, -0.25) is 4.68 Å². The van der Waals surface area contributed by atoms with Crippen molar-refractivity contribution in [2.45, 2.75) is 6.54 Å². The summed E-state index contributed by atoms with van der Waals surface area (Å²) < 4.78 is 3.86. The van der Waals surface area contributed by atoms with Gasteiger partial charge in [0.25, 0.3) is 0 Å². The van der Waals surface area contributed by atoms with Crippen LogP contribution >= 0.6 is 12.2 Å². The van der Waals surface area contributed by atoms with Crippen LogP contribution < -0.4 is 0 Å². The molecule has 0 unspecified atom stereocenters. The van der Waals surface area contributed by atoms with Gasteiger partial charge in [-0.25, -0.2) is 4.68 Å². The molecule has 2 rings (SSSR count). The first kappa shape index (κ1) is 8.11. The van der Waals surface area contributed by atoms with E-state index in [-0.39, 0.29) is 0 Å². The molecule has 0 radical (unpaired) electrons. The Kier molecular flexibility index (Phi) is 1.93. The zero-order valence-electron chi connectivity index (χ0n) is 7.01. The van der Waals surface area contributed by atoms with Gasteiger partial charge < -0.3 is 0 Å². The number of hydrogen-bond acceptors (Lipinski definition) is 4. The molecule has 68 valence electrons. The van der Waals surface area contributed by atoms with Crippen LogP contribution in [0.1, 0.15) is 5.56 Å². The highest BCUT2D eigenvalue weighted by Gasteiger charge is 1.99. The average Bonchev–Trinajstić information content (AvgIpc) is 2.64. The molecule has 0 bridgehead atoms. The molecule has 0 amide bonds. The topological polar surface area (TPSA) is 64.3 Å². The Labute approximate surface area is 79.2 Å². The summed E-state index contributed by atoms with van der Waals surface area (Å²) >= 11 is 4.92. The SMILES string of the molecule is Cn1cc(Cn2[nH]nnc2=S)cn1. The third-order valence-electron chi connectivity index (χ3n) is 1.63. The molecule has 0 aromatic carbocycles. The quantitative estimate of drug-likeness (QED) is 0.693. The fourth-order valence-electron chi connectivity index (χ4n) is 1.05. The lowest BCUT2D eigenvalue weighted by Crippen LogP contribution is -2.01. The van der Waals surface area contributed by atoms with Gasteiger partial charge in [0.15, 0.2) is 0 Å². The van der Waals surface area contributed by atoms with E-state index in [0.29, 0.717) is 11.3 Å². The van der Waals surface area contributed by atoms with Crippen LogP contribution in [0.5, 0.6) is 0 Å². The van der Waals surface area contributed by atoms with Crippen molar-refractivity contribution in [2.75, 3.05) is 0 Å². The van der Waals surface area contributed by atoms with Crippen LogP contribution in [-0.2, 0) is 13.6 Å². The predicted molar refractivity (Wildman–Crippen MR) is 47.5 cm³/mol. The number of nitrogens with zero attached hydrogens (tertiary/aromatic N) is 5. The highest BCUT2D eigenvalue weighted by atomic mass is 32.1. The zero-order valence-corrected chi connectivity index (χ0v) is 7.82. The second-order valence-corrected chi connectivity index (χ2v) is 3.06. The molecule has 6 nitrogen and oxygen atoms in total. The molecule has 0 atom stereocenters. The Balaban J connectivity index is 2.24.